The molecular formula is C16H24N2O. The number of aromatic nitrogens is 1. The van der Waals surface area contributed by atoms with Crippen LogP contribution in [0.15, 0.2) is 30.5 Å². The third-order valence-electron chi connectivity index (χ3n) is 3.84. The zero-order valence-electron chi connectivity index (χ0n) is 12.1. The van der Waals surface area contributed by atoms with Crippen LogP contribution < -0.4 is 0 Å². The molecule has 0 saturated heterocycles. The lowest BCUT2D eigenvalue weighted by Gasteiger charge is -2.25. The molecule has 2 aromatic rings. The smallest absolute Gasteiger partial charge is 0.0473 e. The fourth-order valence-electron chi connectivity index (χ4n) is 2.50. The Balaban J connectivity index is 2.04. The lowest BCUT2D eigenvalue weighted by atomic mass is 9.96. The number of benzene rings is 1. The number of H-pyrrole nitrogens is 1. The van der Waals surface area contributed by atoms with Crippen LogP contribution in [0.1, 0.15) is 19.4 Å². The van der Waals surface area contributed by atoms with E-state index < -0.39 is 0 Å². The molecule has 0 radical (unpaired) electrons. The van der Waals surface area contributed by atoms with Crippen molar-refractivity contribution >= 4 is 10.9 Å². The molecule has 0 bridgehead atoms. The van der Waals surface area contributed by atoms with Gasteiger partial charge in [0.2, 0.25) is 0 Å². The summed E-state index contributed by atoms with van der Waals surface area (Å²) in [6.45, 7) is 6.43. The molecule has 0 saturated carbocycles. The van der Waals surface area contributed by atoms with Gasteiger partial charge in [-0.05, 0) is 30.5 Å². The second kappa shape index (κ2) is 6.22. The minimum Gasteiger partial charge on any atom is -0.396 e. The van der Waals surface area contributed by atoms with Crippen LogP contribution in [-0.2, 0) is 6.54 Å². The third-order valence-corrected chi connectivity index (χ3v) is 3.84. The summed E-state index contributed by atoms with van der Waals surface area (Å²) in [5.41, 5.74) is 2.51. The molecule has 0 spiro atoms. The summed E-state index contributed by atoms with van der Waals surface area (Å²) in [6, 6.07) is 8.38. The largest absolute Gasteiger partial charge is 0.396 e. The van der Waals surface area contributed by atoms with Gasteiger partial charge in [0.05, 0.1) is 0 Å². The van der Waals surface area contributed by atoms with Gasteiger partial charge in [-0.15, -0.1) is 0 Å². The maximum absolute atomic E-state index is 9.41. The Morgan fingerprint density at radius 3 is 2.68 bits per heavy atom. The maximum Gasteiger partial charge on any atom is 0.0473 e. The average molecular weight is 260 g/mol. The molecule has 2 rings (SSSR count). The van der Waals surface area contributed by atoms with Crippen molar-refractivity contribution in [3.63, 3.8) is 0 Å². The van der Waals surface area contributed by atoms with Gasteiger partial charge in [-0.2, -0.15) is 0 Å². The number of hydrogen-bond donors (Lipinski definition) is 2. The summed E-state index contributed by atoms with van der Waals surface area (Å²) in [6.07, 6.45) is 2.09. The van der Waals surface area contributed by atoms with Crippen molar-refractivity contribution in [3.05, 3.63) is 36.0 Å². The molecule has 3 heteroatoms. The lowest BCUT2D eigenvalue weighted by molar-refractivity contribution is 0.143. The number of fused-ring (bicyclic) bond motifs is 1. The number of nitrogens with one attached hydrogen (secondary N) is 1. The molecule has 2 N–H and O–H groups in total. The first-order valence-corrected chi connectivity index (χ1v) is 6.96. The first-order chi connectivity index (χ1) is 9.11. The normalized spacial score (nSPS) is 13.6. The number of rotatable bonds is 6. The summed E-state index contributed by atoms with van der Waals surface area (Å²) in [4.78, 5) is 5.60. The van der Waals surface area contributed by atoms with E-state index in [4.69, 9.17) is 0 Å². The van der Waals surface area contributed by atoms with Gasteiger partial charge in [0.15, 0.2) is 0 Å². The van der Waals surface area contributed by atoms with Gasteiger partial charge in [-0.3, -0.25) is 0 Å². The van der Waals surface area contributed by atoms with Crippen molar-refractivity contribution in [1.29, 1.82) is 0 Å². The van der Waals surface area contributed by atoms with Crippen LogP contribution in [-0.4, -0.2) is 35.2 Å². The van der Waals surface area contributed by atoms with E-state index in [1.807, 2.05) is 6.07 Å². The summed E-state index contributed by atoms with van der Waals surface area (Å²) in [7, 11) is 2.12. The highest BCUT2D eigenvalue weighted by Gasteiger charge is 2.15. The Kier molecular flexibility index (Phi) is 4.61. The van der Waals surface area contributed by atoms with Gasteiger partial charge in [-0.1, -0.05) is 32.0 Å². The highest BCUT2D eigenvalue weighted by atomic mass is 16.3. The van der Waals surface area contributed by atoms with E-state index in [1.54, 1.807) is 0 Å². The van der Waals surface area contributed by atoms with Gasteiger partial charge >= 0.3 is 0 Å². The Bertz CT molecular complexity index is 518. The molecule has 1 aromatic heterocycles. The molecule has 0 aliphatic carbocycles. The zero-order valence-corrected chi connectivity index (χ0v) is 12.1. The molecule has 19 heavy (non-hydrogen) atoms. The zero-order chi connectivity index (χ0) is 13.8. The van der Waals surface area contributed by atoms with Gasteiger partial charge in [-0.25, -0.2) is 0 Å². The molecule has 104 valence electrons. The van der Waals surface area contributed by atoms with Crippen LogP contribution in [0.4, 0.5) is 0 Å². The lowest BCUT2D eigenvalue weighted by Crippen LogP contribution is -2.30. The van der Waals surface area contributed by atoms with Crippen molar-refractivity contribution in [2.75, 3.05) is 20.2 Å². The van der Waals surface area contributed by atoms with Gasteiger partial charge in [0.1, 0.15) is 0 Å². The van der Waals surface area contributed by atoms with Crippen LogP contribution >= 0.6 is 0 Å². The number of para-hydroxylation sites is 1. The second-order valence-corrected chi connectivity index (χ2v) is 5.74. The number of hydrogen-bond acceptors (Lipinski definition) is 2. The van der Waals surface area contributed by atoms with E-state index in [1.165, 1.54) is 16.5 Å². The van der Waals surface area contributed by atoms with Crippen LogP contribution in [0.25, 0.3) is 10.9 Å². The van der Waals surface area contributed by atoms with E-state index in [-0.39, 0.29) is 6.61 Å². The van der Waals surface area contributed by atoms with Crippen molar-refractivity contribution in [2.24, 2.45) is 11.8 Å². The monoisotopic (exact) mass is 260 g/mol. The van der Waals surface area contributed by atoms with Crippen molar-refractivity contribution in [1.82, 2.24) is 9.88 Å². The molecule has 0 amide bonds. The van der Waals surface area contributed by atoms with Crippen LogP contribution in [0.3, 0.4) is 0 Å². The van der Waals surface area contributed by atoms with Crippen molar-refractivity contribution in [2.45, 2.75) is 20.4 Å². The first kappa shape index (κ1) is 14.1. The van der Waals surface area contributed by atoms with Gasteiger partial charge < -0.3 is 15.0 Å². The topological polar surface area (TPSA) is 39.3 Å². The van der Waals surface area contributed by atoms with E-state index in [0.29, 0.717) is 11.8 Å². The minimum absolute atomic E-state index is 0.260. The number of nitrogens with zero attached hydrogens (tertiary/aromatic N) is 1. The average Bonchev–Trinajstić information content (AvgIpc) is 2.79. The maximum atomic E-state index is 9.41. The SMILES string of the molecule is CC(C)C(CO)CN(C)Cc1c[nH]c2ccccc12. The molecule has 1 unspecified atom stereocenters. The highest BCUT2D eigenvalue weighted by molar-refractivity contribution is 5.82. The fraction of sp³-hybridized carbons (Fsp3) is 0.500. The molecule has 0 fully saturated rings. The number of aromatic amines is 1. The first-order valence-electron chi connectivity index (χ1n) is 6.96. The summed E-state index contributed by atoms with van der Waals surface area (Å²) in [5.74, 6) is 0.852. The van der Waals surface area contributed by atoms with Crippen molar-refractivity contribution < 1.29 is 5.11 Å². The quantitative estimate of drug-likeness (QED) is 0.838. The molecule has 0 aliphatic rings. The molecule has 1 heterocycles. The predicted molar refractivity (Wildman–Crippen MR) is 80.0 cm³/mol. The standard InChI is InChI=1S/C16H24N2O/c1-12(2)14(11-19)10-18(3)9-13-8-17-16-7-5-4-6-15(13)16/h4-8,12,14,17,19H,9-11H2,1-3H3. The Hall–Kier alpha value is -1.32. The summed E-state index contributed by atoms with van der Waals surface area (Å²) < 4.78 is 0. The molecule has 0 aliphatic heterocycles. The Morgan fingerprint density at radius 1 is 1.26 bits per heavy atom. The third kappa shape index (κ3) is 3.37. The van der Waals surface area contributed by atoms with Crippen LogP contribution in [0.5, 0.6) is 0 Å². The number of aliphatic hydroxyl groups excluding tert-OH is 1. The molecule has 1 atom stereocenters. The van der Waals surface area contributed by atoms with Crippen molar-refractivity contribution in [3.8, 4) is 0 Å². The Labute approximate surface area is 115 Å². The van der Waals surface area contributed by atoms with E-state index in [9.17, 15) is 5.11 Å². The second-order valence-electron chi connectivity index (χ2n) is 5.74. The molecule has 3 nitrogen and oxygen atoms in total. The van der Waals surface area contributed by atoms with E-state index in [0.717, 1.165) is 13.1 Å². The minimum atomic E-state index is 0.260. The van der Waals surface area contributed by atoms with Gasteiger partial charge in [0, 0.05) is 36.8 Å². The van der Waals surface area contributed by atoms with E-state index in [2.05, 4.69) is 55.2 Å². The summed E-state index contributed by atoms with van der Waals surface area (Å²) in [5, 5.41) is 10.7. The molecular weight excluding hydrogens is 236 g/mol. The van der Waals surface area contributed by atoms with Crippen LogP contribution in [0.2, 0.25) is 0 Å². The van der Waals surface area contributed by atoms with Crippen LogP contribution in [0, 0.1) is 11.8 Å². The summed E-state index contributed by atoms with van der Waals surface area (Å²) >= 11 is 0. The Morgan fingerprint density at radius 2 is 2.00 bits per heavy atom. The number of aliphatic hydroxyl groups is 1. The molecule has 1 aromatic carbocycles. The fourth-order valence-corrected chi connectivity index (χ4v) is 2.50. The highest BCUT2D eigenvalue weighted by Crippen LogP contribution is 2.20. The van der Waals surface area contributed by atoms with E-state index >= 15 is 0 Å². The van der Waals surface area contributed by atoms with Gasteiger partial charge in [0.25, 0.3) is 0 Å². The predicted octanol–water partition coefficient (Wildman–Crippen LogP) is 2.86.